The van der Waals surface area contributed by atoms with Crippen LogP contribution in [0.3, 0.4) is 0 Å². The normalized spacial score (nSPS) is 10.9. The number of ether oxygens (including phenoxy) is 1. The number of fused-ring (bicyclic) bond motifs is 1. The SMILES string of the molecule is Cc1cc(Cl)cc2sc(N(Cc3cccnc3)C(=O)CCOc3ccccc3)nc12. The van der Waals surface area contributed by atoms with Crippen molar-refractivity contribution in [1.82, 2.24) is 9.97 Å². The molecule has 0 saturated carbocycles. The van der Waals surface area contributed by atoms with Crippen LogP contribution in [-0.2, 0) is 11.3 Å². The van der Waals surface area contributed by atoms with Crippen LogP contribution in [0.5, 0.6) is 5.75 Å². The monoisotopic (exact) mass is 437 g/mol. The van der Waals surface area contributed by atoms with Crippen LogP contribution < -0.4 is 9.64 Å². The molecule has 0 aliphatic heterocycles. The van der Waals surface area contributed by atoms with Gasteiger partial charge in [-0.1, -0.05) is 47.2 Å². The first-order chi connectivity index (χ1) is 14.6. The van der Waals surface area contributed by atoms with E-state index in [1.807, 2.05) is 61.5 Å². The van der Waals surface area contributed by atoms with Crippen LogP contribution in [0, 0.1) is 6.92 Å². The van der Waals surface area contributed by atoms with E-state index in [4.69, 9.17) is 21.3 Å². The molecule has 2 aromatic heterocycles. The van der Waals surface area contributed by atoms with Crippen molar-refractivity contribution in [1.29, 1.82) is 0 Å². The summed E-state index contributed by atoms with van der Waals surface area (Å²) in [6.45, 7) is 2.66. The van der Waals surface area contributed by atoms with E-state index in [-0.39, 0.29) is 12.3 Å². The van der Waals surface area contributed by atoms with Gasteiger partial charge in [0.1, 0.15) is 5.75 Å². The topological polar surface area (TPSA) is 55.3 Å². The first kappa shape index (κ1) is 20.3. The van der Waals surface area contributed by atoms with Gasteiger partial charge in [0.15, 0.2) is 5.13 Å². The number of hydrogen-bond donors (Lipinski definition) is 0. The Morgan fingerprint density at radius 3 is 2.77 bits per heavy atom. The van der Waals surface area contributed by atoms with Gasteiger partial charge in [0.25, 0.3) is 0 Å². The summed E-state index contributed by atoms with van der Waals surface area (Å²) in [5.41, 5.74) is 2.79. The van der Waals surface area contributed by atoms with Crippen LogP contribution in [0.15, 0.2) is 67.0 Å². The maximum Gasteiger partial charge on any atom is 0.232 e. The Morgan fingerprint density at radius 2 is 2.00 bits per heavy atom. The Balaban J connectivity index is 1.57. The Labute approximate surface area is 183 Å². The molecule has 0 aliphatic carbocycles. The fourth-order valence-corrected chi connectivity index (χ4v) is 4.54. The summed E-state index contributed by atoms with van der Waals surface area (Å²) in [4.78, 5) is 23.7. The van der Waals surface area contributed by atoms with E-state index >= 15 is 0 Å². The van der Waals surface area contributed by atoms with Crippen molar-refractivity contribution >= 4 is 44.2 Å². The molecule has 30 heavy (non-hydrogen) atoms. The minimum absolute atomic E-state index is 0.0578. The standard InChI is InChI=1S/C23H20ClN3O2S/c1-16-12-18(24)13-20-22(16)26-23(30-20)27(15-17-6-5-10-25-14-17)21(28)9-11-29-19-7-3-2-4-8-19/h2-8,10,12-14H,9,11,15H2,1H3. The molecule has 0 saturated heterocycles. The first-order valence-corrected chi connectivity index (χ1v) is 10.7. The molecule has 2 heterocycles. The summed E-state index contributed by atoms with van der Waals surface area (Å²) in [7, 11) is 0. The molecule has 5 nitrogen and oxygen atoms in total. The van der Waals surface area contributed by atoms with E-state index in [1.165, 1.54) is 11.3 Å². The summed E-state index contributed by atoms with van der Waals surface area (Å²) in [6.07, 6.45) is 3.72. The number of benzene rings is 2. The van der Waals surface area contributed by atoms with Crippen molar-refractivity contribution in [2.45, 2.75) is 19.9 Å². The number of carbonyl (C=O) groups is 1. The number of rotatable bonds is 7. The lowest BCUT2D eigenvalue weighted by Crippen LogP contribution is -2.31. The third kappa shape index (κ3) is 4.78. The molecule has 4 aromatic rings. The second-order valence-electron chi connectivity index (χ2n) is 6.82. The van der Waals surface area contributed by atoms with E-state index in [1.54, 1.807) is 17.3 Å². The third-order valence-electron chi connectivity index (χ3n) is 4.56. The minimum Gasteiger partial charge on any atom is -0.493 e. The predicted octanol–water partition coefficient (Wildman–Crippen LogP) is 5.66. The lowest BCUT2D eigenvalue weighted by atomic mass is 10.2. The number of anilines is 1. The zero-order valence-electron chi connectivity index (χ0n) is 16.4. The van der Waals surface area contributed by atoms with Crippen molar-refractivity contribution in [3.63, 3.8) is 0 Å². The maximum absolute atomic E-state index is 13.1. The molecule has 0 fully saturated rings. The maximum atomic E-state index is 13.1. The molecule has 0 aliphatic rings. The Hall–Kier alpha value is -2.96. The van der Waals surface area contributed by atoms with Gasteiger partial charge in [-0.25, -0.2) is 4.98 Å². The molecular weight excluding hydrogens is 418 g/mol. The molecular formula is C23H20ClN3O2S. The molecule has 0 atom stereocenters. The van der Waals surface area contributed by atoms with Gasteiger partial charge in [-0.2, -0.15) is 0 Å². The number of thiazole rings is 1. The number of aromatic nitrogens is 2. The number of carbonyl (C=O) groups excluding carboxylic acids is 1. The fraction of sp³-hybridized carbons (Fsp3) is 0.174. The second kappa shape index (κ2) is 9.24. The highest BCUT2D eigenvalue weighted by Gasteiger charge is 2.21. The molecule has 0 unspecified atom stereocenters. The zero-order valence-corrected chi connectivity index (χ0v) is 18.0. The molecule has 7 heteroatoms. The Kier molecular flexibility index (Phi) is 6.26. The van der Waals surface area contributed by atoms with Crippen molar-refractivity contribution in [3.05, 3.63) is 83.1 Å². The van der Waals surface area contributed by atoms with Crippen LogP contribution in [0.25, 0.3) is 10.2 Å². The van der Waals surface area contributed by atoms with Crippen molar-refractivity contribution < 1.29 is 9.53 Å². The zero-order chi connectivity index (χ0) is 20.9. The number of para-hydroxylation sites is 1. The van der Waals surface area contributed by atoms with Crippen LogP contribution in [-0.4, -0.2) is 22.5 Å². The summed E-state index contributed by atoms with van der Waals surface area (Å²) < 4.78 is 6.67. The lowest BCUT2D eigenvalue weighted by Gasteiger charge is -2.20. The second-order valence-corrected chi connectivity index (χ2v) is 8.26. The summed E-state index contributed by atoms with van der Waals surface area (Å²) in [6, 6.07) is 17.1. The minimum atomic E-state index is -0.0578. The van der Waals surface area contributed by atoms with Crippen LogP contribution in [0.4, 0.5) is 5.13 Å². The molecule has 2 aromatic carbocycles. The number of aryl methyl sites for hydroxylation is 1. The van der Waals surface area contributed by atoms with Gasteiger partial charge >= 0.3 is 0 Å². The molecule has 0 radical (unpaired) electrons. The van der Waals surface area contributed by atoms with E-state index in [0.29, 0.717) is 23.3 Å². The van der Waals surface area contributed by atoms with Crippen molar-refractivity contribution in [2.75, 3.05) is 11.5 Å². The lowest BCUT2D eigenvalue weighted by molar-refractivity contribution is -0.119. The summed E-state index contributed by atoms with van der Waals surface area (Å²) in [5.74, 6) is 0.687. The predicted molar refractivity (Wildman–Crippen MR) is 121 cm³/mol. The molecule has 1 amide bonds. The Morgan fingerprint density at radius 1 is 1.17 bits per heavy atom. The van der Waals surface area contributed by atoms with Gasteiger partial charge in [-0.3, -0.25) is 14.7 Å². The molecule has 0 spiro atoms. The molecule has 152 valence electrons. The average Bonchev–Trinajstić information content (AvgIpc) is 3.17. The van der Waals surface area contributed by atoms with Gasteiger partial charge in [-0.15, -0.1) is 0 Å². The molecule has 0 bridgehead atoms. The smallest absolute Gasteiger partial charge is 0.232 e. The largest absolute Gasteiger partial charge is 0.493 e. The van der Waals surface area contributed by atoms with E-state index in [0.717, 1.165) is 27.1 Å². The highest BCUT2D eigenvalue weighted by molar-refractivity contribution is 7.22. The summed E-state index contributed by atoms with van der Waals surface area (Å²) >= 11 is 7.66. The number of nitrogens with zero attached hydrogens (tertiary/aromatic N) is 3. The average molecular weight is 438 g/mol. The molecule has 4 rings (SSSR count). The van der Waals surface area contributed by atoms with Gasteiger partial charge in [-0.05, 0) is 48.4 Å². The number of amides is 1. The van der Waals surface area contributed by atoms with Crippen LogP contribution in [0.2, 0.25) is 5.02 Å². The van der Waals surface area contributed by atoms with Gasteiger partial charge in [0.05, 0.1) is 29.8 Å². The van der Waals surface area contributed by atoms with Crippen LogP contribution >= 0.6 is 22.9 Å². The summed E-state index contributed by atoms with van der Waals surface area (Å²) in [5, 5.41) is 1.31. The fourth-order valence-electron chi connectivity index (χ4n) is 3.10. The van der Waals surface area contributed by atoms with Gasteiger partial charge in [0, 0.05) is 17.4 Å². The van der Waals surface area contributed by atoms with Crippen LogP contribution in [0.1, 0.15) is 17.5 Å². The highest BCUT2D eigenvalue weighted by Crippen LogP contribution is 2.34. The van der Waals surface area contributed by atoms with Gasteiger partial charge in [0.2, 0.25) is 5.91 Å². The van der Waals surface area contributed by atoms with Crippen molar-refractivity contribution in [3.8, 4) is 5.75 Å². The number of hydrogen-bond acceptors (Lipinski definition) is 5. The quantitative estimate of drug-likeness (QED) is 0.374. The highest BCUT2D eigenvalue weighted by atomic mass is 35.5. The van der Waals surface area contributed by atoms with E-state index < -0.39 is 0 Å². The van der Waals surface area contributed by atoms with E-state index in [9.17, 15) is 4.79 Å². The molecule has 0 N–H and O–H groups in total. The third-order valence-corrected chi connectivity index (χ3v) is 5.81. The number of halogens is 1. The Bertz CT molecular complexity index is 1150. The van der Waals surface area contributed by atoms with Gasteiger partial charge < -0.3 is 4.74 Å². The van der Waals surface area contributed by atoms with Crippen molar-refractivity contribution in [2.24, 2.45) is 0 Å². The first-order valence-electron chi connectivity index (χ1n) is 9.54. The number of pyridine rings is 1. The van der Waals surface area contributed by atoms with E-state index in [2.05, 4.69) is 4.98 Å².